The van der Waals surface area contributed by atoms with Gasteiger partial charge in [-0.15, -0.1) is 16.4 Å². The zero-order valence-corrected chi connectivity index (χ0v) is 18.1. The van der Waals surface area contributed by atoms with Crippen molar-refractivity contribution in [2.75, 3.05) is 5.32 Å². The number of alkyl halides is 2. The molecule has 0 atom stereocenters. The molecule has 0 radical (unpaired) electrons. The number of fused-ring (bicyclic) bond motifs is 3. The van der Waals surface area contributed by atoms with Crippen LogP contribution in [0.5, 0.6) is 0 Å². The lowest BCUT2D eigenvalue weighted by Crippen LogP contribution is -2.09. The molecule has 1 aromatic carbocycles. The largest absolute Gasteiger partial charge is 0.467 e. The first-order valence-electron chi connectivity index (χ1n) is 9.37. The van der Waals surface area contributed by atoms with E-state index in [0.717, 1.165) is 35.9 Å². The molecule has 32 heavy (non-hydrogen) atoms. The molecule has 5 rings (SSSR count). The summed E-state index contributed by atoms with van der Waals surface area (Å²) in [4.78, 5) is 4.30. The molecule has 0 amide bonds. The van der Waals surface area contributed by atoms with Gasteiger partial charge in [-0.3, -0.25) is 0 Å². The fourth-order valence-electron chi connectivity index (χ4n) is 3.24. The van der Waals surface area contributed by atoms with Gasteiger partial charge in [-0.1, -0.05) is 17.3 Å². The number of thiophene rings is 1. The number of furan rings is 1. The lowest BCUT2D eigenvalue weighted by atomic mass is 10.1. The van der Waals surface area contributed by atoms with E-state index in [1.807, 2.05) is 5.38 Å². The van der Waals surface area contributed by atoms with E-state index in [1.54, 1.807) is 24.5 Å². The summed E-state index contributed by atoms with van der Waals surface area (Å²) in [6, 6.07) is 9.78. The van der Waals surface area contributed by atoms with Crippen molar-refractivity contribution < 1.29 is 21.6 Å². The van der Waals surface area contributed by atoms with Crippen LogP contribution in [-0.2, 0) is 22.3 Å². The highest BCUT2D eigenvalue weighted by Gasteiger charge is 2.29. The number of hydrogen-bond acceptors (Lipinski definition) is 8. The van der Waals surface area contributed by atoms with E-state index in [2.05, 4.69) is 20.6 Å². The zero-order valence-electron chi connectivity index (χ0n) is 16.5. The predicted octanol–water partition coefficient (Wildman–Crippen LogP) is 4.49. The number of sulfone groups is 1. The average Bonchev–Trinajstić information content (AvgIpc) is 3.51. The maximum atomic E-state index is 13.5. The maximum absolute atomic E-state index is 13.5. The highest BCUT2D eigenvalue weighted by atomic mass is 32.2. The van der Waals surface area contributed by atoms with Gasteiger partial charge < -0.3 is 9.73 Å². The first-order chi connectivity index (χ1) is 15.2. The number of nitrogens with zero attached hydrogens (tertiary/aromatic N) is 4. The van der Waals surface area contributed by atoms with E-state index in [1.165, 1.54) is 15.9 Å². The van der Waals surface area contributed by atoms with E-state index in [0.29, 0.717) is 23.6 Å². The minimum absolute atomic E-state index is 0.0303. The van der Waals surface area contributed by atoms with Crippen LogP contribution in [0.25, 0.3) is 15.9 Å². The van der Waals surface area contributed by atoms with Gasteiger partial charge in [-0.05, 0) is 35.7 Å². The zero-order chi connectivity index (χ0) is 22.5. The van der Waals surface area contributed by atoms with Crippen molar-refractivity contribution in [3.8, 4) is 0 Å². The molecule has 0 unspecified atom stereocenters. The average molecular weight is 476 g/mol. The third-order valence-electron chi connectivity index (χ3n) is 4.86. The molecule has 12 heteroatoms. The van der Waals surface area contributed by atoms with Crippen LogP contribution in [0.15, 0.2) is 68.4 Å². The van der Waals surface area contributed by atoms with E-state index in [-0.39, 0.29) is 21.1 Å². The number of anilines is 1. The Balaban J connectivity index is 1.60. The highest BCUT2D eigenvalue weighted by Crippen LogP contribution is 2.32. The minimum Gasteiger partial charge on any atom is -0.467 e. The Morgan fingerprint density at radius 3 is 2.66 bits per heavy atom. The standard InChI is InChI=1S/C20H15F2N5O3S2/c1-20(21,22)12-4-6-14(7-5-12)32(28,29)19-18-24-17(23-11-13-3-2-9-30-13)16-15(8-10-31-16)27(18)26-25-19/h2-10H,11H2,1H3,(H,23,24). The second kappa shape index (κ2) is 7.35. The number of hydrogen-bond donors (Lipinski definition) is 1. The van der Waals surface area contributed by atoms with Crippen LogP contribution in [0.4, 0.5) is 14.6 Å². The lowest BCUT2D eigenvalue weighted by molar-refractivity contribution is 0.0174. The molecule has 0 bridgehead atoms. The topological polar surface area (TPSA) is 102 Å². The Hall–Kier alpha value is -3.38. The van der Waals surface area contributed by atoms with Crippen LogP contribution in [0.2, 0.25) is 0 Å². The first-order valence-corrected chi connectivity index (χ1v) is 11.7. The summed E-state index contributed by atoms with van der Waals surface area (Å²) in [5, 5.41) is 12.5. The van der Waals surface area contributed by atoms with Gasteiger partial charge in [0, 0.05) is 12.5 Å². The van der Waals surface area contributed by atoms with Crippen molar-refractivity contribution in [3.63, 3.8) is 0 Å². The summed E-state index contributed by atoms with van der Waals surface area (Å²) in [6.45, 7) is 1.09. The third kappa shape index (κ3) is 3.41. The Morgan fingerprint density at radius 1 is 1.19 bits per heavy atom. The molecule has 164 valence electrons. The predicted molar refractivity (Wildman–Crippen MR) is 114 cm³/mol. The van der Waals surface area contributed by atoms with Crippen molar-refractivity contribution in [3.05, 3.63) is 65.4 Å². The Labute approximate surface area is 184 Å². The van der Waals surface area contributed by atoms with Crippen molar-refractivity contribution in [2.45, 2.75) is 29.3 Å². The summed E-state index contributed by atoms with van der Waals surface area (Å²) in [5.74, 6) is -1.94. The molecule has 0 fully saturated rings. The summed E-state index contributed by atoms with van der Waals surface area (Å²) in [5.41, 5.74) is 0.381. The SMILES string of the molecule is CC(F)(F)c1ccc(S(=O)(=O)c2nnn3c2nc(NCc2ccco2)c2sccc23)cc1. The van der Waals surface area contributed by atoms with E-state index >= 15 is 0 Å². The van der Waals surface area contributed by atoms with E-state index in [4.69, 9.17) is 4.42 Å². The molecule has 8 nitrogen and oxygen atoms in total. The van der Waals surface area contributed by atoms with Crippen molar-refractivity contribution in [1.82, 2.24) is 19.8 Å². The first kappa shape index (κ1) is 20.5. The molecule has 0 saturated heterocycles. The summed E-state index contributed by atoms with van der Waals surface area (Å²) >= 11 is 1.42. The summed E-state index contributed by atoms with van der Waals surface area (Å²) in [6.07, 6.45) is 1.56. The van der Waals surface area contributed by atoms with Gasteiger partial charge >= 0.3 is 0 Å². The molecule has 0 spiro atoms. The van der Waals surface area contributed by atoms with Gasteiger partial charge in [0.1, 0.15) is 11.6 Å². The van der Waals surface area contributed by atoms with Gasteiger partial charge in [0.25, 0.3) is 5.92 Å². The molecule has 0 aliphatic rings. The second-order valence-electron chi connectivity index (χ2n) is 7.07. The van der Waals surface area contributed by atoms with E-state index in [9.17, 15) is 17.2 Å². The van der Waals surface area contributed by atoms with Crippen LogP contribution in [0, 0.1) is 0 Å². The van der Waals surface area contributed by atoms with Crippen molar-refractivity contribution in [1.29, 1.82) is 0 Å². The van der Waals surface area contributed by atoms with Crippen LogP contribution in [0.1, 0.15) is 18.2 Å². The molecular weight excluding hydrogens is 460 g/mol. The van der Waals surface area contributed by atoms with Gasteiger partial charge in [-0.25, -0.2) is 22.2 Å². The number of rotatable bonds is 6. The van der Waals surface area contributed by atoms with Gasteiger partial charge in [0.2, 0.25) is 14.9 Å². The Bertz CT molecular complexity index is 1520. The normalized spacial score (nSPS) is 12.6. The lowest BCUT2D eigenvalue weighted by Gasteiger charge is -2.11. The van der Waals surface area contributed by atoms with Crippen LogP contribution in [0.3, 0.4) is 0 Å². The number of nitrogens with one attached hydrogen (secondary N) is 1. The molecule has 1 N–H and O–H groups in total. The van der Waals surface area contributed by atoms with Gasteiger partial charge in [0.05, 0.1) is 27.9 Å². The molecular formula is C20H15F2N5O3S2. The molecule has 5 aromatic rings. The summed E-state index contributed by atoms with van der Waals surface area (Å²) in [7, 11) is -4.16. The fourth-order valence-corrected chi connectivity index (χ4v) is 5.31. The Kier molecular flexibility index (Phi) is 4.71. The maximum Gasteiger partial charge on any atom is 0.270 e. The Morgan fingerprint density at radius 2 is 1.97 bits per heavy atom. The molecule has 0 aliphatic carbocycles. The van der Waals surface area contributed by atoms with Crippen molar-refractivity contribution >= 4 is 42.9 Å². The monoisotopic (exact) mass is 475 g/mol. The molecule has 0 saturated carbocycles. The fraction of sp³-hybridized carbons (Fsp3) is 0.150. The van der Waals surface area contributed by atoms with Gasteiger partial charge in [-0.2, -0.15) is 4.52 Å². The third-order valence-corrected chi connectivity index (χ3v) is 7.43. The summed E-state index contributed by atoms with van der Waals surface area (Å²) < 4.78 is 60.9. The number of benzene rings is 1. The number of halogens is 2. The van der Waals surface area contributed by atoms with Crippen molar-refractivity contribution in [2.24, 2.45) is 0 Å². The number of aromatic nitrogens is 4. The smallest absolute Gasteiger partial charge is 0.270 e. The minimum atomic E-state index is -4.16. The molecule has 0 aliphatic heterocycles. The van der Waals surface area contributed by atoms with E-state index < -0.39 is 15.8 Å². The molecule has 4 heterocycles. The quantitative estimate of drug-likeness (QED) is 0.386. The second-order valence-corrected chi connectivity index (χ2v) is 9.86. The van der Waals surface area contributed by atoms with Crippen LogP contribution >= 0.6 is 11.3 Å². The van der Waals surface area contributed by atoms with Crippen LogP contribution < -0.4 is 5.32 Å². The van der Waals surface area contributed by atoms with Gasteiger partial charge in [0.15, 0.2) is 5.65 Å². The van der Waals surface area contributed by atoms with Crippen LogP contribution in [-0.4, -0.2) is 28.2 Å². The molecule has 4 aromatic heterocycles. The highest BCUT2D eigenvalue weighted by molar-refractivity contribution is 7.91.